The van der Waals surface area contributed by atoms with Gasteiger partial charge in [-0.25, -0.2) is 0 Å². The van der Waals surface area contributed by atoms with Gasteiger partial charge in [0, 0.05) is 35.4 Å². The molecule has 8 heteroatoms. The van der Waals surface area contributed by atoms with Gasteiger partial charge in [-0.05, 0) is 0 Å². The summed E-state index contributed by atoms with van der Waals surface area (Å²) >= 11 is 0. The summed E-state index contributed by atoms with van der Waals surface area (Å²) in [6.07, 6.45) is 3.19. The van der Waals surface area contributed by atoms with E-state index in [1.54, 1.807) is 29.1 Å². The first kappa shape index (κ1) is 18.6. The van der Waals surface area contributed by atoms with E-state index < -0.39 is 4.92 Å². The van der Waals surface area contributed by atoms with Crippen LogP contribution in [0.3, 0.4) is 0 Å². The molecule has 0 aliphatic rings. The molecule has 0 atom stereocenters. The van der Waals surface area contributed by atoms with E-state index in [-0.39, 0.29) is 52.9 Å². The van der Waals surface area contributed by atoms with Gasteiger partial charge < -0.3 is 22.7 Å². The van der Waals surface area contributed by atoms with Crippen molar-refractivity contribution in [2.45, 2.75) is 6.54 Å². The standard InChI is InChI=1S/C15H14N3O4.BrH/c16-9-14(19)11-4-6-17(7-5-11)10-15(20)12-2-1-3-13(8-12)18(21)22;/h1-8H,9-10,16H2;1H/q+1;/p-1. The summed E-state index contributed by atoms with van der Waals surface area (Å²) in [4.78, 5) is 33.7. The Labute approximate surface area is 142 Å². The summed E-state index contributed by atoms with van der Waals surface area (Å²) in [6.45, 7) is -0.0467. The highest BCUT2D eigenvalue weighted by Gasteiger charge is 2.16. The van der Waals surface area contributed by atoms with Crippen LogP contribution in [0.25, 0.3) is 0 Å². The quantitative estimate of drug-likeness (QED) is 0.268. The highest BCUT2D eigenvalue weighted by Crippen LogP contribution is 2.13. The molecule has 0 amide bonds. The molecule has 0 fully saturated rings. The van der Waals surface area contributed by atoms with Gasteiger partial charge in [0.25, 0.3) is 5.69 Å². The van der Waals surface area contributed by atoms with Gasteiger partial charge in [0.2, 0.25) is 12.3 Å². The number of halogens is 1. The van der Waals surface area contributed by atoms with Crippen molar-refractivity contribution in [2.75, 3.05) is 6.54 Å². The number of non-ortho nitro benzene ring substituents is 1. The van der Waals surface area contributed by atoms with Gasteiger partial charge in [-0.3, -0.25) is 19.7 Å². The largest absolute Gasteiger partial charge is 1.00 e. The molecule has 2 N–H and O–H groups in total. The van der Waals surface area contributed by atoms with Crippen LogP contribution in [0.15, 0.2) is 48.8 Å². The third kappa shape index (κ3) is 4.76. The number of hydrogen-bond donors (Lipinski definition) is 1. The molecule has 0 saturated carbocycles. The highest BCUT2D eigenvalue weighted by molar-refractivity contribution is 5.97. The number of carbonyl (C=O) groups is 2. The molecule has 0 spiro atoms. The van der Waals surface area contributed by atoms with E-state index in [0.717, 1.165) is 0 Å². The van der Waals surface area contributed by atoms with Gasteiger partial charge >= 0.3 is 0 Å². The lowest BCUT2D eigenvalue weighted by molar-refractivity contribution is -0.683. The lowest BCUT2D eigenvalue weighted by Crippen LogP contribution is -3.00. The molecule has 0 saturated heterocycles. The molecular weight excluding hydrogens is 366 g/mol. The van der Waals surface area contributed by atoms with Crippen molar-refractivity contribution in [1.82, 2.24) is 0 Å². The second kappa shape index (κ2) is 8.25. The number of hydrogen-bond acceptors (Lipinski definition) is 5. The van der Waals surface area contributed by atoms with Crippen LogP contribution in [0.1, 0.15) is 20.7 Å². The Bertz CT molecular complexity index is 732. The molecule has 0 aliphatic carbocycles. The molecule has 1 aromatic carbocycles. The molecule has 0 unspecified atom stereocenters. The second-order valence-corrected chi connectivity index (χ2v) is 4.62. The maximum atomic E-state index is 12.1. The number of benzene rings is 1. The minimum Gasteiger partial charge on any atom is -1.00 e. The molecule has 23 heavy (non-hydrogen) atoms. The number of aromatic nitrogens is 1. The van der Waals surface area contributed by atoms with Crippen LogP contribution in [0.5, 0.6) is 0 Å². The van der Waals surface area contributed by atoms with Gasteiger partial charge in [-0.1, -0.05) is 12.1 Å². The smallest absolute Gasteiger partial charge is 0.270 e. The number of pyridine rings is 1. The fourth-order valence-corrected chi connectivity index (χ4v) is 1.92. The number of nitro groups is 1. The summed E-state index contributed by atoms with van der Waals surface area (Å²) in [7, 11) is 0. The van der Waals surface area contributed by atoms with Crippen molar-refractivity contribution < 1.29 is 36.1 Å². The van der Waals surface area contributed by atoms with E-state index >= 15 is 0 Å². The van der Waals surface area contributed by atoms with Crippen molar-refractivity contribution in [1.29, 1.82) is 0 Å². The van der Waals surface area contributed by atoms with E-state index in [2.05, 4.69) is 0 Å². The zero-order valence-corrected chi connectivity index (χ0v) is 13.6. The summed E-state index contributed by atoms with van der Waals surface area (Å²) < 4.78 is 1.59. The van der Waals surface area contributed by atoms with Crippen molar-refractivity contribution in [2.24, 2.45) is 5.73 Å². The Balaban J connectivity index is 0.00000264. The summed E-state index contributed by atoms with van der Waals surface area (Å²) in [5.74, 6) is -0.441. The third-order valence-corrected chi connectivity index (χ3v) is 3.10. The maximum absolute atomic E-state index is 12.1. The molecule has 120 valence electrons. The Morgan fingerprint density at radius 3 is 2.30 bits per heavy atom. The van der Waals surface area contributed by atoms with Crippen LogP contribution in [0.4, 0.5) is 5.69 Å². The minimum absolute atomic E-state index is 0. The highest BCUT2D eigenvalue weighted by atomic mass is 79.9. The van der Waals surface area contributed by atoms with Gasteiger partial charge in [0.1, 0.15) is 0 Å². The van der Waals surface area contributed by atoms with E-state index in [1.165, 1.54) is 24.3 Å². The third-order valence-electron chi connectivity index (χ3n) is 3.10. The molecule has 0 radical (unpaired) electrons. The summed E-state index contributed by atoms with van der Waals surface area (Å²) in [5, 5.41) is 10.7. The first-order valence-electron chi connectivity index (χ1n) is 6.51. The zero-order valence-electron chi connectivity index (χ0n) is 12.0. The predicted molar refractivity (Wildman–Crippen MR) is 77.4 cm³/mol. The maximum Gasteiger partial charge on any atom is 0.270 e. The fourth-order valence-electron chi connectivity index (χ4n) is 1.92. The average Bonchev–Trinajstić information content (AvgIpc) is 2.54. The van der Waals surface area contributed by atoms with E-state index in [1.807, 2.05) is 0 Å². The van der Waals surface area contributed by atoms with Crippen LogP contribution in [-0.4, -0.2) is 23.0 Å². The second-order valence-electron chi connectivity index (χ2n) is 4.62. The topological polar surface area (TPSA) is 107 Å². The monoisotopic (exact) mass is 379 g/mol. The number of ketones is 2. The fraction of sp³-hybridized carbons (Fsp3) is 0.133. The molecular formula is C15H14BrN3O4. The molecule has 7 nitrogen and oxygen atoms in total. The van der Waals surface area contributed by atoms with E-state index in [4.69, 9.17) is 5.73 Å². The molecule has 1 heterocycles. The first-order chi connectivity index (χ1) is 10.5. The Morgan fingerprint density at radius 2 is 1.74 bits per heavy atom. The van der Waals surface area contributed by atoms with Crippen molar-refractivity contribution in [3.05, 3.63) is 70.0 Å². The van der Waals surface area contributed by atoms with Crippen molar-refractivity contribution in [3.8, 4) is 0 Å². The summed E-state index contributed by atoms with van der Waals surface area (Å²) in [6, 6.07) is 8.74. The lowest BCUT2D eigenvalue weighted by atomic mass is 10.1. The van der Waals surface area contributed by atoms with Crippen molar-refractivity contribution >= 4 is 17.3 Å². The number of nitro benzene ring substituents is 1. The van der Waals surface area contributed by atoms with Gasteiger partial charge in [0.15, 0.2) is 18.2 Å². The van der Waals surface area contributed by atoms with Crippen LogP contribution >= 0.6 is 0 Å². The van der Waals surface area contributed by atoms with Crippen LogP contribution in [0, 0.1) is 10.1 Å². The molecule has 2 aromatic rings. The minimum atomic E-state index is -0.544. The number of rotatable bonds is 6. The Morgan fingerprint density at radius 1 is 1.09 bits per heavy atom. The normalized spacial score (nSPS) is 9.78. The SMILES string of the molecule is NCC(=O)c1cc[n+](CC(=O)c2cccc([N+](=O)[O-])c2)cc1.[Br-]. The zero-order chi connectivity index (χ0) is 16.1. The van der Waals surface area contributed by atoms with Crippen LogP contribution in [-0.2, 0) is 6.54 Å². The van der Waals surface area contributed by atoms with Gasteiger partial charge in [0.05, 0.1) is 11.5 Å². The molecule has 2 rings (SSSR count). The van der Waals surface area contributed by atoms with Crippen molar-refractivity contribution in [3.63, 3.8) is 0 Å². The van der Waals surface area contributed by atoms with Crippen LogP contribution < -0.4 is 27.3 Å². The number of Topliss-reactive ketones (excluding diaryl/α,β-unsaturated/α-hetero) is 2. The van der Waals surface area contributed by atoms with E-state index in [0.29, 0.717) is 5.56 Å². The Kier molecular flexibility index (Phi) is 6.67. The van der Waals surface area contributed by atoms with Gasteiger partial charge in [-0.15, -0.1) is 0 Å². The number of nitrogens with two attached hydrogens (primary N) is 1. The predicted octanol–water partition coefficient (Wildman–Crippen LogP) is -2.09. The van der Waals surface area contributed by atoms with E-state index in [9.17, 15) is 19.7 Å². The first-order valence-corrected chi connectivity index (χ1v) is 6.51. The average molecular weight is 380 g/mol. The van der Waals surface area contributed by atoms with Gasteiger partial charge in [-0.2, -0.15) is 4.57 Å². The molecule has 0 bridgehead atoms. The number of nitrogens with zero attached hydrogens (tertiary/aromatic N) is 2. The molecule has 1 aromatic heterocycles. The number of carbonyl (C=O) groups excluding carboxylic acids is 2. The Hall–Kier alpha value is -2.45. The lowest BCUT2D eigenvalue weighted by Gasteiger charge is -2.00. The summed E-state index contributed by atoms with van der Waals surface area (Å²) in [5.41, 5.74) is 5.89. The van der Waals surface area contributed by atoms with Crippen LogP contribution in [0.2, 0.25) is 0 Å². The molecule has 0 aliphatic heterocycles.